The lowest BCUT2D eigenvalue weighted by molar-refractivity contribution is -0.145. The molecule has 0 aliphatic carbocycles. The van der Waals surface area contributed by atoms with Crippen molar-refractivity contribution in [3.8, 4) is 22.3 Å². The van der Waals surface area contributed by atoms with Crippen LogP contribution in [0.25, 0.3) is 22.3 Å². The zero-order valence-electron chi connectivity index (χ0n) is 31.6. The van der Waals surface area contributed by atoms with Crippen LogP contribution < -0.4 is 27.7 Å². The number of esters is 2. The highest BCUT2D eigenvalue weighted by atomic mass is 35.5. The van der Waals surface area contributed by atoms with Crippen LogP contribution in [0, 0.1) is 0 Å². The SMILES string of the molecule is CCOC(=O)C[C@@H](Cc1ccc(-c2cccc(Cl)c2)cc1)NC(=O)C(=O)NN.CCOC(=O)C[C@@H](Cc1ccc(-c2cccc(Cl)c2)cc1)NC(=O)c1n[nH]c(=O)o1. The Kier molecular flexibility index (Phi) is 17.2. The molecule has 304 valence electrons. The first kappa shape index (κ1) is 44.4. The van der Waals surface area contributed by atoms with Gasteiger partial charge in [-0.15, -0.1) is 5.10 Å². The summed E-state index contributed by atoms with van der Waals surface area (Å²) in [7, 11) is 0. The summed E-state index contributed by atoms with van der Waals surface area (Å²) in [5, 5.41) is 12.0. The average molecular weight is 834 g/mol. The van der Waals surface area contributed by atoms with Gasteiger partial charge >= 0.3 is 41.3 Å². The third-order valence-corrected chi connectivity index (χ3v) is 8.74. The van der Waals surface area contributed by atoms with Gasteiger partial charge in [0, 0.05) is 22.1 Å². The van der Waals surface area contributed by atoms with Gasteiger partial charge in [-0.25, -0.2) is 15.7 Å². The highest BCUT2D eigenvalue weighted by Crippen LogP contribution is 2.25. The van der Waals surface area contributed by atoms with Gasteiger partial charge < -0.3 is 24.5 Å². The maximum Gasteiger partial charge on any atom is 0.434 e. The number of ether oxygens (including phenoxy) is 2. The Morgan fingerprint density at radius 2 is 1.16 bits per heavy atom. The topological polar surface area (TPSA) is 225 Å². The second-order valence-electron chi connectivity index (χ2n) is 12.6. The number of carbonyl (C=O) groups is 5. The van der Waals surface area contributed by atoms with Gasteiger partial charge in [0.05, 0.1) is 26.1 Å². The molecule has 0 aliphatic heterocycles. The average Bonchev–Trinajstić information content (AvgIpc) is 3.65. The summed E-state index contributed by atoms with van der Waals surface area (Å²) in [6.07, 6.45) is 0.616. The zero-order valence-corrected chi connectivity index (χ0v) is 33.1. The van der Waals surface area contributed by atoms with Crippen molar-refractivity contribution in [2.75, 3.05) is 13.2 Å². The van der Waals surface area contributed by atoms with Crippen molar-refractivity contribution in [1.29, 1.82) is 0 Å². The first-order chi connectivity index (χ1) is 27.9. The number of aromatic nitrogens is 2. The Morgan fingerprint density at radius 3 is 1.55 bits per heavy atom. The lowest BCUT2D eigenvalue weighted by atomic mass is 9.99. The van der Waals surface area contributed by atoms with E-state index in [0.717, 1.165) is 33.4 Å². The van der Waals surface area contributed by atoms with Gasteiger partial charge in [-0.3, -0.25) is 29.4 Å². The maximum absolute atomic E-state index is 12.3. The number of benzene rings is 4. The van der Waals surface area contributed by atoms with Crippen LogP contribution in [0.3, 0.4) is 0 Å². The van der Waals surface area contributed by atoms with Gasteiger partial charge in [0.25, 0.3) is 0 Å². The molecule has 58 heavy (non-hydrogen) atoms. The van der Waals surface area contributed by atoms with Crippen molar-refractivity contribution in [2.24, 2.45) is 5.84 Å². The summed E-state index contributed by atoms with van der Waals surface area (Å²) in [5.74, 6) is 0.247. The van der Waals surface area contributed by atoms with Gasteiger partial charge in [0.2, 0.25) is 0 Å². The minimum atomic E-state index is -0.981. The largest absolute Gasteiger partial charge is 0.466 e. The van der Waals surface area contributed by atoms with Gasteiger partial charge in [0.1, 0.15) is 0 Å². The van der Waals surface area contributed by atoms with E-state index in [1.54, 1.807) is 25.3 Å². The molecule has 1 heterocycles. The third-order valence-electron chi connectivity index (χ3n) is 8.26. The fraction of sp³-hybridized carbons (Fsp3) is 0.244. The van der Waals surface area contributed by atoms with Crippen molar-refractivity contribution >= 4 is 52.9 Å². The number of halogens is 2. The lowest BCUT2D eigenvalue weighted by Gasteiger charge is -2.18. The fourth-order valence-corrected chi connectivity index (χ4v) is 6.03. The van der Waals surface area contributed by atoms with Crippen LogP contribution in [0.5, 0.6) is 0 Å². The van der Waals surface area contributed by atoms with Gasteiger partial charge in [-0.05, 0) is 84.3 Å². The van der Waals surface area contributed by atoms with E-state index in [1.165, 1.54) is 0 Å². The number of hydrazine groups is 1. The molecular weight excluding hydrogens is 791 g/mol. The lowest BCUT2D eigenvalue weighted by Crippen LogP contribution is -2.48. The van der Waals surface area contributed by atoms with Crippen LogP contribution in [0.15, 0.2) is 106 Å². The summed E-state index contributed by atoms with van der Waals surface area (Å²) < 4.78 is 14.6. The molecule has 17 heteroatoms. The third kappa shape index (κ3) is 14.3. The first-order valence-corrected chi connectivity index (χ1v) is 18.8. The molecule has 0 saturated heterocycles. The molecule has 0 aliphatic rings. The quantitative estimate of drug-likeness (QED) is 0.0312. The predicted molar refractivity (Wildman–Crippen MR) is 216 cm³/mol. The second-order valence-corrected chi connectivity index (χ2v) is 13.4. The maximum atomic E-state index is 12.3. The number of hydrogen-bond acceptors (Lipinski definition) is 11. The molecule has 0 saturated carbocycles. The van der Waals surface area contributed by atoms with Crippen molar-refractivity contribution in [2.45, 2.75) is 51.6 Å². The first-order valence-electron chi connectivity index (χ1n) is 18.1. The number of rotatable bonds is 15. The number of hydrogen-bond donors (Lipinski definition) is 5. The molecule has 2 atom stereocenters. The molecule has 0 bridgehead atoms. The van der Waals surface area contributed by atoms with E-state index in [9.17, 15) is 28.8 Å². The highest BCUT2D eigenvalue weighted by molar-refractivity contribution is 6.35. The second kappa shape index (κ2) is 22.5. The molecule has 5 aromatic rings. The number of H-pyrrole nitrogens is 1. The van der Waals surface area contributed by atoms with Gasteiger partial charge in [-0.1, -0.05) is 96.0 Å². The van der Waals surface area contributed by atoms with Gasteiger partial charge in [-0.2, -0.15) is 0 Å². The summed E-state index contributed by atoms with van der Waals surface area (Å²) in [6.45, 7) is 3.87. The van der Waals surface area contributed by atoms with Crippen LogP contribution in [0.1, 0.15) is 48.5 Å². The number of nitrogens with two attached hydrogens (primary N) is 1. The van der Waals surface area contributed by atoms with Crippen molar-refractivity contribution in [3.63, 3.8) is 0 Å². The number of nitrogens with zero attached hydrogens (tertiary/aromatic N) is 1. The van der Waals surface area contributed by atoms with E-state index < -0.39 is 53.4 Å². The molecule has 5 rings (SSSR count). The molecule has 0 spiro atoms. The van der Waals surface area contributed by atoms with Crippen molar-refractivity contribution < 1.29 is 37.9 Å². The van der Waals surface area contributed by atoms with Crippen LogP contribution in [0.2, 0.25) is 10.0 Å². The molecule has 6 N–H and O–H groups in total. The molecule has 1 aromatic heterocycles. The van der Waals surface area contributed by atoms with Crippen LogP contribution >= 0.6 is 23.2 Å². The molecule has 3 amide bonds. The molecular formula is C41H42Cl2N6O9. The highest BCUT2D eigenvalue weighted by Gasteiger charge is 2.23. The van der Waals surface area contributed by atoms with Crippen LogP contribution in [-0.4, -0.2) is 65.2 Å². The molecule has 0 radical (unpaired) electrons. The smallest absolute Gasteiger partial charge is 0.434 e. The summed E-state index contributed by atoms with van der Waals surface area (Å²) in [5.41, 5.74) is 7.49. The molecule has 0 fully saturated rings. The monoisotopic (exact) mass is 832 g/mol. The minimum absolute atomic E-state index is 0.0374. The van der Waals surface area contributed by atoms with Crippen LogP contribution in [0.4, 0.5) is 0 Å². The number of carbonyl (C=O) groups excluding carboxylic acids is 5. The Labute approximate surface area is 343 Å². The number of amides is 3. The van der Waals surface area contributed by atoms with Crippen molar-refractivity contribution in [1.82, 2.24) is 26.3 Å². The van der Waals surface area contributed by atoms with E-state index >= 15 is 0 Å². The van der Waals surface area contributed by atoms with E-state index in [0.29, 0.717) is 22.9 Å². The molecule has 0 unspecified atom stereocenters. The molecule has 15 nitrogen and oxygen atoms in total. The Morgan fingerprint density at radius 1 is 0.690 bits per heavy atom. The normalized spacial score (nSPS) is 11.5. The summed E-state index contributed by atoms with van der Waals surface area (Å²) >= 11 is 12.1. The number of nitrogens with one attached hydrogen (secondary N) is 4. The standard InChI is InChI=1S/C21H20ClN3O5.C20H22ClN3O4/c1-2-29-18(26)12-17(23-19(27)20-24-25-21(28)30-20)10-13-6-8-14(9-7-13)15-4-3-5-16(22)11-15;1-2-28-18(25)12-17(23-19(26)20(27)24-22)10-13-6-8-14(9-7-13)15-4-3-5-16(21)11-15/h3-9,11,17H,2,10,12H2,1H3,(H,23,27)(H,25,28);3-9,11,17H,2,10,12,22H2,1H3,(H,23,26)(H,24,27)/t2*17-/m11/s1. The van der Waals surface area contributed by atoms with E-state index in [-0.39, 0.29) is 26.1 Å². The zero-order chi connectivity index (χ0) is 42.0. The van der Waals surface area contributed by atoms with E-state index in [2.05, 4.69) is 20.1 Å². The summed E-state index contributed by atoms with van der Waals surface area (Å²) in [4.78, 5) is 70.3. The van der Waals surface area contributed by atoms with Crippen LogP contribution in [-0.2, 0) is 41.5 Å². The molecule has 4 aromatic carbocycles. The van der Waals surface area contributed by atoms with Crippen molar-refractivity contribution in [3.05, 3.63) is 135 Å². The van der Waals surface area contributed by atoms with E-state index in [4.69, 9.17) is 38.5 Å². The number of aromatic amines is 1. The summed E-state index contributed by atoms with van der Waals surface area (Å²) in [6, 6.07) is 29.2. The Bertz CT molecular complexity index is 2230. The Hall–Kier alpha value is -6.29. The van der Waals surface area contributed by atoms with Gasteiger partial charge in [0.15, 0.2) is 0 Å². The predicted octanol–water partition coefficient (Wildman–Crippen LogP) is 4.96. The fourth-order valence-electron chi connectivity index (χ4n) is 5.65. The Balaban J connectivity index is 0.000000257. The minimum Gasteiger partial charge on any atom is -0.466 e. The van der Waals surface area contributed by atoms with E-state index in [1.807, 2.05) is 96.1 Å².